The predicted molar refractivity (Wildman–Crippen MR) is 56.2 cm³/mol. The van der Waals surface area contributed by atoms with Crippen LogP contribution in [0, 0.1) is 11.8 Å². The van der Waals surface area contributed by atoms with Gasteiger partial charge in [-0.1, -0.05) is 13.8 Å². The number of rotatable bonds is 6. The Morgan fingerprint density at radius 2 is 1.27 bits per heavy atom. The van der Waals surface area contributed by atoms with E-state index >= 15 is 0 Å². The molecule has 0 aromatic rings. The number of esters is 2. The molecule has 4 nitrogen and oxygen atoms in total. The van der Waals surface area contributed by atoms with Gasteiger partial charge in [-0.3, -0.25) is 9.59 Å². The molecule has 0 aromatic heterocycles. The van der Waals surface area contributed by atoms with Crippen molar-refractivity contribution in [2.75, 3.05) is 13.2 Å². The molecular weight excluding hydrogens is 196 g/mol. The average Bonchev–Trinajstić information content (AvgIpc) is 2.11. The summed E-state index contributed by atoms with van der Waals surface area (Å²) in [5.41, 5.74) is 0. The van der Waals surface area contributed by atoms with Crippen molar-refractivity contribution in [3.05, 3.63) is 0 Å². The van der Waals surface area contributed by atoms with Crippen LogP contribution < -0.4 is 0 Å². The van der Waals surface area contributed by atoms with Crippen molar-refractivity contribution in [3.8, 4) is 0 Å². The number of hydrogen-bond acceptors (Lipinski definition) is 4. The second-order valence-corrected chi connectivity index (χ2v) is 4.05. The van der Waals surface area contributed by atoms with Crippen molar-refractivity contribution < 1.29 is 19.1 Å². The zero-order chi connectivity index (χ0) is 11.8. The van der Waals surface area contributed by atoms with Gasteiger partial charge in [-0.05, 0) is 18.3 Å². The molecule has 0 aliphatic carbocycles. The molecule has 88 valence electrons. The highest BCUT2D eigenvalue weighted by Crippen LogP contribution is 2.12. The number of hydrogen-bond donors (Lipinski definition) is 0. The molecule has 2 atom stereocenters. The first-order chi connectivity index (χ1) is 6.91. The molecule has 0 unspecified atom stereocenters. The third-order valence-electron chi connectivity index (χ3n) is 1.95. The molecule has 0 N–H and O–H groups in total. The second-order valence-electron chi connectivity index (χ2n) is 4.05. The van der Waals surface area contributed by atoms with Gasteiger partial charge in [0.25, 0.3) is 0 Å². The van der Waals surface area contributed by atoms with Crippen molar-refractivity contribution in [1.82, 2.24) is 0 Å². The Labute approximate surface area is 90.9 Å². The van der Waals surface area contributed by atoms with Crippen molar-refractivity contribution >= 4 is 11.9 Å². The van der Waals surface area contributed by atoms with Gasteiger partial charge in [-0.25, -0.2) is 0 Å². The first-order valence-corrected chi connectivity index (χ1v) is 5.18. The van der Waals surface area contributed by atoms with Crippen LogP contribution in [0.1, 0.15) is 34.1 Å². The van der Waals surface area contributed by atoms with Crippen molar-refractivity contribution in [2.24, 2.45) is 11.8 Å². The Kier molecular flexibility index (Phi) is 6.75. The molecule has 0 amide bonds. The van der Waals surface area contributed by atoms with Crippen LogP contribution in [0.3, 0.4) is 0 Å². The van der Waals surface area contributed by atoms with Gasteiger partial charge in [0.1, 0.15) is 0 Å². The molecule has 0 bridgehead atoms. The van der Waals surface area contributed by atoms with Crippen LogP contribution in [0.15, 0.2) is 0 Å². The van der Waals surface area contributed by atoms with E-state index in [1.54, 1.807) is 0 Å². The summed E-state index contributed by atoms with van der Waals surface area (Å²) in [5, 5.41) is 0. The van der Waals surface area contributed by atoms with E-state index in [-0.39, 0.29) is 11.9 Å². The molecule has 15 heavy (non-hydrogen) atoms. The molecule has 0 rings (SSSR count). The minimum absolute atomic E-state index is 0.255. The van der Waals surface area contributed by atoms with Crippen molar-refractivity contribution in [2.45, 2.75) is 34.1 Å². The Balaban J connectivity index is 3.61. The molecule has 0 saturated heterocycles. The monoisotopic (exact) mass is 216 g/mol. The first-order valence-electron chi connectivity index (χ1n) is 5.18. The fourth-order valence-corrected chi connectivity index (χ4v) is 1.34. The summed E-state index contributed by atoms with van der Waals surface area (Å²) < 4.78 is 9.77. The minimum atomic E-state index is -0.255. The van der Waals surface area contributed by atoms with Crippen LogP contribution in [0.4, 0.5) is 0 Å². The SMILES string of the molecule is CC(=O)OC[C@@H](C)C[C@H](C)COC(C)=O. The average molecular weight is 216 g/mol. The van der Waals surface area contributed by atoms with Gasteiger partial charge < -0.3 is 9.47 Å². The van der Waals surface area contributed by atoms with E-state index in [9.17, 15) is 9.59 Å². The molecule has 4 heteroatoms. The predicted octanol–water partition coefficient (Wildman–Crippen LogP) is 1.77. The Bertz CT molecular complexity index is 191. The van der Waals surface area contributed by atoms with Crippen LogP contribution in [0.2, 0.25) is 0 Å². The fraction of sp³-hybridized carbons (Fsp3) is 0.818. The molecule has 0 aromatic carbocycles. The molecule has 0 fully saturated rings. The summed E-state index contributed by atoms with van der Waals surface area (Å²) in [6.45, 7) is 7.67. The summed E-state index contributed by atoms with van der Waals surface area (Å²) in [6.07, 6.45) is 0.876. The lowest BCUT2D eigenvalue weighted by Gasteiger charge is -2.16. The van der Waals surface area contributed by atoms with Gasteiger partial charge in [0.2, 0.25) is 0 Å². The molecule has 0 aliphatic rings. The van der Waals surface area contributed by atoms with Gasteiger partial charge >= 0.3 is 11.9 Å². The fourth-order valence-electron chi connectivity index (χ4n) is 1.34. The van der Waals surface area contributed by atoms with E-state index in [1.165, 1.54) is 13.8 Å². The lowest BCUT2D eigenvalue weighted by molar-refractivity contribution is -0.142. The third-order valence-corrected chi connectivity index (χ3v) is 1.95. The summed E-state index contributed by atoms with van der Waals surface area (Å²) >= 11 is 0. The van der Waals surface area contributed by atoms with E-state index in [1.807, 2.05) is 13.8 Å². The van der Waals surface area contributed by atoms with Gasteiger partial charge in [-0.2, -0.15) is 0 Å². The topological polar surface area (TPSA) is 52.6 Å². The van der Waals surface area contributed by atoms with E-state index in [0.717, 1.165) is 6.42 Å². The van der Waals surface area contributed by atoms with Gasteiger partial charge in [-0.15, -0.1) is 0 Å². The van der Waals surface area contributed by atoms with Crippen molar-refractivity contribution in [3.63, 3.8) is 0 Å². The smallest absolute Gasteiger partial charge is 0.302 e. The summed E-state index contributed by atoms with van der Waals surface area (Å²) in [4.78, 5) is 21.1. The molecular formula is C11H20O4. The first kappa shape index (κ1) is 13.9. The molecule has 0 saturated carbocycles. The van der Waals surface area contributed by atoms with Gasteiger partial charge in [0.15, 0.2) is 0 Å². The van der Waals surface area contributed by atoms with Crippen molar-refractivity contribution in [1.29, 1.82) is 0 Å². The summed E-state index contributed by atoms with van der Waals surface area (Å²) in [6, 6.07) is 0. The quantitative estimate of drug-likeness (QED) is 0.635. The van der Waals surface area contributed by atoms with Gasteiger partial charge in [0, 0.05) is 13.8 Å². The second kappa shape index (κ2) is 7.26. The van der Waals surface area contributed by atoms with E-state index < -0.39 is 0 Å². The maximum Gasteiger partial charge on any atom is 0.302 e. The highest BCUT2D eigenvalue weighted by Gasteiger charge is 2.11. The summed E-state index contributed by atoms with van der Waals surface area (Å²) in [5.74, 6) is 0.0721. The van der Waals surface area contributed by atoms with Crippen LogP contribution in [-0.4, -0.2) is 25.2 Å². The third kappa shape index (κ3) is 9.25. The Morgan fingerprint density at radius 3 is 1.53 bits per heavy atom. The normalized spacial score (nSPS) is 14.1. The van der Waals surface area contributed by atoms with E-state index in [0.29, 0.717) is 25.0 Å². The van der Waals surface area contributed by atoms with Crippen LogP contribution in [0.5, 0.6) is 0 Å². The molecule has 0 radical (unpaired) electrons. The number of ether oxygens (including phenoxy) is 2. The minimum Gasteiger partial charge on any atom is -0.466 e. The number of carbonyl (C=O) groups is 2. The Hall–Kier alpha value is -1.06. The zero-order valence-corrected chi connectivity index (χ0v) is 9.91. The van der Waals surface area contributed by atoms with E-state index in [4.69, 9.17) is 9.47 Å². The molecule has 0 spiro atoms. The summed E-state index contributed by atoms with van der Waals surface area (Å²) in [7, 11) is 0. The van der Waals surface area contributed by atoms with Crippen LogP contribution in [0.25, 0.3) is 0 Å². The van der Waals surface area contributed by atoms with Crippen LogP contribution >= 0.6 is 0 Å². The maximum absolute atomic E-state index is 10.6. The molecule has 0 heterocycles. The van der Waals surface area contributed by atoms with Crippen LogP contribution in [-0.2, 0) is 19.1 Å². The lowest BCUT2D eigenvalue weighted by atomic mass is 9.99. The Morgan fingerprint density at radius 1 is 0.933 bits per heavy atom. The highest BCUT2D eigenvalue weighted by molar-refractivity contribution is 5.66. The molecule has 0 aliphatic heterocycles. The van der Waals surface area contributed by atoms with Gasteiger partial charge in [0.05, 0.1) is 13.2 Å². The zero-order valence-electron chi connectivity index (χ0n) is 9.91. The van der Waals surface area contributed by atoms with E-state index in [2.05, 4.69) is 0 Å². The largest absolute Gasteiger partial charge is 0.466 e. The number of carbonyl (C=O) groups excluding carboxylic acids is 2. The highest BCUT2D eigenvalue weighted by atomic mass is 16.5. The lowest BCUT2D eigenvalue weighted by Crippen LogP contribution is -2.16. The standard InChI is InChI=1S/C11H20O4/c1-8(6-14-10(3)12)5-9(2)7-15-11(4)13/h8-9H,5-7H2,1-4H3/t8-,9-/m0/s1. The maximum atomic E-state index is 10.6.